The Morgan fingerprint density at radius 1 is 1.09 bits per heavy atom. The van der Waals surface area contributed by atoms with Crippen molar-refractivity contribution in [3.8, 4) is 5.75 Å². The van der Waals surface area contributed by atoms with Crippen LogP contribution in [0, 0.1) is 0 Å². The van der Waals surface area contributed by atoms with Crippen LogP contribution in [0.5, 0.6) is 5.75 Å². The quantitative estimate of drug-likeness (QED) is 0.841. The van der Waals surface area contributed by atoms with Crippen LogP contribution in [0.15, 0.2) is 36.5 Å². The molecule has 0 spiro atoms. The van der Waals surface area contributed by atoms with Crippen molar-refractivity contribution in [2.45, 2.75) is 33.8 Å². The molecule has 1 heterocycles. The maximum absolute atomic E-state index is 5.64. The van der Waals surface area contributed by atoms with Crippen molar-refractivity contribution in [1.82, 2.24) is 9.97 Å². The zero-order valence-corrected chi connectivity index (χ0v) is 13.7. The predicted molar refractivity (Wildman–Crippen MR) is 91.1 cm³/mol. The van der Waals surface area contributed by atoms with E-state index in [-0.39, 0.29) is 6.10 Å². The first-order valence-corrected chi connectivity index (χ1v) is 7.74. The van der Waals surface area contributed by atoms with Gasteiger partial charge in [-0.25, -0.2) is 4.98 Å². The Kier molecular flexibility index (Phi) is 5.58. The summed E-state index contributed by atoms with van der Waals surface area (Å²) in [6.07, 6.45) is 1.96. The third-order valence-corrected chi connectivity index (χ3v) is 3.19. The largest absolute Gasteiger partial charge is 0.491 e. The first kappa shape index (κ1) is 16.1. The standard InChI is InChI=1S/C17H24N4O/c1-5-21(6-2)17-18-12-11-16(20-17)19-14-7-9-15(10-8-14)22-13(3)4/h7-13H,5-6H2,1-4H3,(H,18,19,20). The monoisotopic (exact) mass is 300 g/mol. The zero-order chi connectivity index (χ0) is 15.9. The number of anilines is 3. The van der Waals surface area contributed by atoms with Crippen molar-refractivity contribution in [3.63, 3.8) is 0 Å². The molecule has 0 aliphatic carbocycles. The summed E-state index contributed by atoms with van der Waals surface area (Å²) in [5.74, 6) is 2.40. The molecule has 0 fully saturated rings. The van der Waals surface area contributed by atoms with E-state index in [1.165, 1.54) is 0 Å². The molecule has 0 aliphatic heterocycles. The molecule has 22 heavy (non-hydrogen) atoms. The van der Waals surface area contributed by atoms with Crippen LogP contribution in [0.4, 0.5) is 17.5 Å². The molecule has 0 aliphatic rings. The lowest BCUT2D eigenvalue weighted by Gasteiger charge is -2.18. The van der Waals surface area contributed by atoms with Crippen LogP contribution < -0.4 is 15.0 Å². The lowest BCUT2D eigenvalue weighted by Crippen LogP contribution is -2.24. The Hall–Kier alpha value is -2.30. The van der Waals surface area contributed by atoms with E-state index in [1.807, 2.05) is 44.2 Å². The van der Waals surface area contributed by atoms with E-state index < -0.39 is 0 Å². The van der Waals surface area contributed by atoms with Crippen molar-refractivity contribution in [2.24, 2.45) is 0 Å². The number of ether oxygens (including phenoxy) is 1. The Morgan fingerprint density at radius 2 is 1.77 bits per heavy atom. The van der Waals surface area contributed by atoms with Crippen LogP contribution in [0.3, 0.4) is 0 Å². The fourth-order valence-corrected chi connectivity index (χ4v) is 2.11. The molecular formula is C17H24N4O. The zero-order valence-electron chi connectivity index (χ0n) is 13.7. The predicted octanol–water partition coefficient (Wildman–Crippen LogP) is 3.85. The molecule has 5 heteroatoms. The van der Waals surface area contributed by atoms with Crippen LogP contribution in [-0.4, -0.2) is 29.2 Å². The third kappa shape index (κ3) is 4.35. The molecule has 2 aromatic rings. The first-order chi connectivity index (χ1) is 10.6. The highest BCUT2D eigenvalue weighted by Gasteiger charge is 2.06. The summed E-state index contributed by atoms with van der Waals surface area (Å²) in [6.45, 7) is 10.0. The van der Waals surface area contributed by atoms with E-state index in [1.54, 1.807) is 6.20 Å². The molecule has 118 valence electrons. The van der Waals surface area contributed by atoms with Crippen molar-refractivity contribution >= 4 is 17.5 Å². The summed E-state index contributed by atoms with van der Waals surface area (Å²) in [5, 5.41) is 3.29. The van der Waals surface area contributed by atoms with Gasteiger partial charge in [-0.05, 0) is 58.0 Å². The van der Waals surface area contributed by atoms with Crippen LogP contribution in [0.25, 0.3) is 0 Å². The van der Waals surface area contributed by atoms with Gasteiger partial charge < -0.3 is 15.0 Å². The Labute approximate surface area is 132 Å². The number of aromatic nitrogens is 2. The lowest BCUT2D eigenvalue weighted by atomic mass is 10.3. The Bertz CT molecular complexity index is 579. The molecule has 0 radical (unpaired) electrons. The van der Waals surface area contributed by atoms with Crippen molar-refractivity contribution < 1.29 is 4.74 Å². The molecule has 1 aromatic carbocycles. The smallest absolute Gasteiger partial charge is 0.227 e. The molecule has 0 saturated heterocycles. The average molecular weight is 300 g/mol. The second kappa shape index (κ2) is 7.64. The number of nitrogens with one attached hydrogen (secondary N) is 1. The van der Waals surface area contributed by atoms with Gasteiger partial charge in [0.05, 0.1) is 6.10 Å². The molecule has 1 N–H and O–H groups in total. The average Bonchev–Trinajstić information content (AvgIpc) is 2.50. The highest BCUT2D eigenvalue weighted by Crippen LogP contribution is 2.20. The van der Waals surface area contributed by atoms with Crippen molar-refractivity contribution in [3.05, 3.63) is 36.5 Å². The van der Waals surface area contributed by atoms with E-state index in [9.17, 15) is 0 Å². The van der Waals surface area contributed by atoms with E-state index in [0.29, 0.717) is 0 Å². The fourth-order valence-electron chi connectivity index (χ4n) is 2.11. The molecule has 1 aromatic heterocycles. The minimum Gasteiger partial charge on any atom is -0.491 e. The number of hydrogen-bond acceptors (Lipinski definition) is 5. The third-order valence-electron chi connectivity index (χ3n) is 3.19. The van der Waals surface area contributed by atoms with Gasteiger partial charge in [-0.15, -0.1) is 0 Å². The fraction of sp³-hybridized carbons (Fsp3) is 0.412. The van der Waals surface area contributed by atoms with E-state index in [0.717, 1.165) is 36.3 Å². The van der Waals surface area contributed by atoms with Gasteiger partial charge in [-0.3, -0.25) is 0 Å². The second-order valence-electron chi connectivity index (χ2n) is 5.23. The minimum absolute atomic E-state index is 0.178. The summed E-state index contributed by atoms with van der Waals surface area (Å²) in [5.41, 5.74) is 0.973. The van der Waals surface area contributed by atoms with Crippen LogP contribution in [0.2, 0.25) is 0 Å². The second-order valence-corrected chi connectivity index (χ2v) is 5.23. The van der Waals surface area contributed by atoms with Crippen molar-refractivity contribution in [1.29, 1.82) is 0 Å². The van der Waals surface area contributed by atoms with Crippen LogP contribution in [-0.2, 0) is 0 Å². The van der Waals surface area contributed by atoms with Gasteiger partial charge in [0.15, 0.2) is 0 Å². The Morgan fingerprint density at radius 3 is 2.36 bits per heavy atom. The topological polar surface area (TPSA) is 50.3 Å². The number of nitrogens with zero attached hydrogens (tertiary/aromatic N) is 3. The number of rotatable bonds is 7. The molecule has 5 nitrogen and oxygen atoms in total. The first-order valence-electron chi connectivity index (χ1n) is 7.74. The summed E-state index contributed by atoms with van der Waals surface area (Å²) < 4.78 is 5.64. The molecule has 0 bridgehead atoms. The van der Waals surface area contributed by atoms with Gasteiger partial charge in [-0.1, -0.05) is 0 Å². The van der Waals surface area contributed by atoms with Crippen LogP contribution >= 0.6 is 0 Å². The maximum atomic E-state index is 5.64. The minimum atomic E-state index is 0.178. The van der Waals surface area contributed by atoms with Gasteiger partial charge in [-0.2, -0.15) is 4.98 Å². The molecule has 0 unspecified atom stereocenters. The van der Waals surface area contributed by atoms with E-state index in [4.69, 9.17) is 4.74 Å². The van der Waals surface area contributed by atoms with E-state index in [2.05, 4.69) is 34.0 Å². The number of benzene rings is 1. The summed E-state index contributed by atoms with van der Waals surface area (Å²) in [6, 6.07) is 9.74. The van der Waals surface area contributed by atoms with Gasteiger partial charge in [0.1, 0.15) is 11.6 Å². The van der Waals surface area contributed by atoms with Gasteiger partial charge in [0.25, 0.3) is 0 Å². The van der Waals surface area contributed by atoms with Gasteiger partial charge in [0.2, 0.25) is 5.95 Å². The summed E-state index contributed by atoms with van der Waals surface area (Å²) in [4.78, 5) is 11.0. The molecular weight excluding hydrogens is 276 g/mol. The molecule has 0 saturated carbocycles. The van der Waals surface area contributed by atoms with Gasteiger partial charge in [0, 0.05) is 25.0 Å². The molecule has 0 atom stereocenters. The SMILES string of the molecule is CCN(CC)c1nccc(Nc2ccc(OC(C)C)cc2)n1. The van der Waals surface area contributed by atoms with Gasteiger partial charge >= 0.3 is 0 Å². The van der Waals surface area contributed by atoms with Crippen molar-refractivity contribution in [2.75, 3.05) is 23.3 Å². The maximum Gasteiger partial charge on any atom is 0.227 e. The summed E-state index contributed by atoms with van der Waals surface area (Å²) >= 11 is 0. The summed E-state index contributed by atoms with van der Waals surface area (Å²) in [7, 11) is 0. The highest BCUT2D eigenvalue weighted by atomic mass is 16.5. The normalized spacial score (nSPS) is 10.6. The van der Waals surface area contributed by atoms with E-state index >= 15 is 0 Å². The Balaban J connectivity index is 2.08. The molecule has 2 rings (SSSR count). The van der Waals surface area contributed by atoms with Crippen LogP contribution in [0.1, 0.15) is 27.7 Å². The number of hydrogen-bond donors (Lipinski definition) is 1. The highest BCUT2D eigenvalue weighted by molar-refractivity contribution is 5.58. The lowest BCUT2D eigenvalue weighted by molar-refractivity contribution is 0.242. The molecule has 0 amide bonds.